The van der Waals surface area contributed by atoms with Gasteiger partial charge in [-0.25, -0.2) is 0 Å². The van der Waals surface area contributed by atoms with Crippen LogP contribution >= 0.6 is 68.4 Å². The van der Waals surface area contributed by atoms with Crippen molar-refractivity contribution in [1.29, 1.82) is 0 Å². The number of rotatable bonds is 10. The summed E-state index contributed by atoms with van der Waals surface area (Å²) >= 11 is 17.3. The van der Waals surface area contributed by atoms with Gasteiger partial charge in [0.1, 0.15) is 0 Å². The van der Waals surface area contributed by atoms with Gasteiger partial charge >= 0.3 is 0 Å². The van der Waals surface area contributed by atoms with Crippen molar-refractivity contribution in [3.63, 3.8) is 0 Å². The Morgan fingerprint density at radius 3 is 0.347 bits per heavy atom. The molecule has 0 N–H and O–H groups in total. The standard InChI is InChI=1S/4C14H14P.4Au.2H2S4/c4*1-15(2,13-9-5-3-6-10-13)14-11-7-4-8-12-14;;;;;2*1-3-4-2/h4*3-12H,1-2H2;;;;;2*1-2H/q4*-1;;;;;;/p-4. The molecule has 72 heavy (non-hydrogen) atoms. The van der Waals surface area contributed by atoms with Crippen LogP contribution in [0.1, 0.15) is 0 Å². The van der Waals surface area contributed by atoms with Gasteiger partial charge in [0, 0.05) is 132 Å². The van der Waals surface area contributed by atoms with E-state index in [0.717, 1.165) is 0 Å². The van der Waals surface area contributed by atoms with Crippen molar-refractivity contribution in [2.75, 3.05) is 0 Å². The van der Waals surface area contributed by atoms with Crippen LogP contribution in [0.3, 0.4) is 0 Å². The predicted octanol–water partition coefficient (Wildman–Crippen LogP) is 15.5. The summed E-state index contributed by atoms with van der Waals surface area (Å²) < 4.78 is 0. The van der Waals surface area contributed by atoms with E-state index in [9.17, 15) is 0 Å². The molecule has 0 bridgehead atoms. The van der Waals surface area contributed by atoms with E-state index in [4.69, 9.17) is 0 Å². The third-order valence-corrected chi connectivity index (χ3v) is 24.8. The van der Waals surface area contributed by atoms with Crippen molar-refractivity contribution in [2.45, 2.75) is 0 Å². The quantitative estimate of drug-likeness (QED) is 0.0431. The second kappa shape index (κ2) is 42.2. The number of hydrogen-bond acceptors (Lipinski definition) is 8. The molecule has 0 nitrogen and oxygen atoms in total. The largest absolute Gasteiger partial charge is 0.709 e. The third kappa shape index (κ3) is 26.5. The smallest absolute Gasteiger partial charge is 0.0408 e. The third-order valence-electron chi connectivity index (χ3n) is 10.1. The molecule has 0 atom stereocenters. The van der Waals surface area contributed by atoms with Crippen LogP contribution in [0.5, 0.6) is 0 Å². The zero-order valence-corrected chi connectivity index (χ0v) is 57.8. The second-order valence-corrected chi connectivity index (χ2v) is 33.8. The van der Waals surface area contributed by atoms with Gasteiger partial charge in [-0.3, -0.25) is 39.3 Å². The Balaban J connectivity index is 0. The van der Waals surface area contributed by atoms with Gasteiger partial charge in [-0.2, -0.15) is 82.4 Å². The second-order valence-electron chi connectivity index (χ2n) is 14.8. The SMILES string of the molecule is [Au].[Au].[Au].[Au].[CH2-][P+]([CH2-])(c1ccccc1)c1ccccc1.[CH2-][P+]([CH2-])(c1ccccc1)c1ccccc1.[CH2-][P+]([CH2-])(c1ccccc1)c1ccccc1.[CH2-][P+]([CH2-])(c1ccccc1)c1ccccc1.[S-]SS[S-].[S-]SS[S-]. The first-order chi connectivity index (χ1) is 32.7. The van der Waals surface area contributed by atoms with Crippen LogP contribution in [0.4, 0.5) is 0 Å². The van der Waals surface area contributed by atoms with E-state index in [0.29, 0.717) is 0 Å². The Bertz CT molecular complexity index is 1970. The molecule has 4 radical (unpaired) electrons. The first-order valence-electron chi connectivity index (χ1n) is 20.6. The monoisotopic (exact) mass is 1900 g/mol. The summed E-state index contributed by atoms with van der Waals surface area (Å²) in [5.41, 5.74) is 0. The zero-order valence-electron chi connectivity index (χ0n) is 39.0. The minimum absolute atomic E-state index is 0. The summed E-state index contributed by atoms with van der Waals surface area (Å²) in [5.74, 6) is 0. The fourth-order valence-electron chi connectivity index (χ4n) is 6.30. The average molecular weight is 1900 g/mol. The molecule has 0 heterocycles. The normalized spacial score (nSPS) is 10.3. The van der Waals surface area contributed by atoms with Crippen molar-refractivity contribution in [3.05, 3.63) is 296 Å². The van der Waals surface area contributed by atoms with Crippen LogP contribution in [-0.2, 0) is 136 Å². The number of hydrogen-bond donors (Lipinski definition) is 0. The molecule has 400 valence electrons. The molecule has 0 unspecified atom stereocenters. The van der Waals surface area contributed by atoms with E-state index in [2.05, 4.69) is 197 Å². The molecule has 0 aromatic heterocycles. The first-order valence-corrected chi connectivity index (χ1v) is 37.2. The van der Waals surface area contributed by atoms with Gasteiger partial charge in [-0.1, -0.05) is 146 Å². The Kier molecular flexibility index (Phi) is 44.1. The Labute approximate surface area is 535 Å². The van der Waals surface area contributed by atoms with Crippen molar-refractivity contribution in [3.8, 4) is 0 Å². The molecule has 0 aliphatic rings. The minimum Gasteiger partial charge on any atom is -0.709 e. The van der Waals surface area contributed by atoms with Gasteiger partial charge in [-0.05, 0) is 97.1 Å². The van der Waals surface area contributed by atoms with Gasteiger partial charge in [0.05, 0.1) is 0 Å². The molecule has 8 aromatic rings. The van der Waals surface area contributed by atoms with Crippen LogP contribution in [0.15, 0.2) is 243 Å². The Hall–Kier alpha value is 1.24. The summed E-state index contributed by atoms with van der Waals surface area (Å²) in [4.78, 5) is 0. The number of benzene rings is 8. The molecule has 0 saturated carbocycles. The minimum atomic E-state index is -1.65. The molecular weight excluding hydrogens is 1840 g/mol. The van der Waals surface area contributed by atoms with Crippen LogP contribution < -0.4 is 42.4 Å². The van der Waals surface area contributed by atoms with Gasteiger partial charge < -0.3 is 46.6 Å². The molecule has 0 spiro atoms. The van der Waals surface area contributed by atoms with E-state index in [1.807, 2.05) is 146 Å². The van der Waals surface area contributed by atoms with Crippen molar-refractivity contribution < 1.29 is 89.5 Å². The molecule has 0 aliphatic heterocycles. The van der Waals surface area contributed by atoms with Crippen LogP contribution in [0.2, 0.25) is 0 Å². The van der Waals surface area contributed by atoms with E-state index >= 15 is 0 Å². The Morgan fingerprint density at radius 1 is 0.194 bits per heavy atom. The summed E-state index contributed by atoms with van der Waals surface area (Å²) in [6.07, 6.45) is 0. The maximum atomic E-state index is 4.33. The van der Waals surface area contributed by atoms with Crippen molar-refractivity contribution in [1.82, 2.24) is 0 Å². The van der Waals surface area contributed by atoms with Gasteiger partial charge in [-0.15, -0.1) is 0 Å². The molecular formula is C56H56Au4P4S8-8. The molecule has 0 amide bonds. The van der Waals surface area contributed by atoms with E-state index in [-0.39, 0.29) is 89.5 Å². The van der Waals surface area contributed by atoms with E-state index in [1.165, 1.54) is 81.7 Å². The average Bonchev–Trinajstić information content (AvgIpc) is 3.41. The molecule has 16 heteroatoms. The summed E-state index contributed by atoms with van der Waals surface area (Å²) in [5, 5.41) is 9.97. The maximum Gasteiger partial charge on any atom is 0.0408 e. The fraction of sp³-hybridized carbons (Fsp3) is 0. The molecule has 0 fully saturated rings. The fourth-order valence-corrected chi connectivity index (χ4v) is 13.4. The topological polar surface area (TPSA) is 0 Å². The summed E-state index contributed by atoms with van der Waals surface area (Å²) in [6.45, 7) is 34.5. The van der Waals surface area contributed by atoms with E-state index in [1.54, 1.807) is 0 Å². The summed E-state index contributed by atoms with van der Waals surface area (Å²) in [7, 11) is -1.90. The van der Waals surface area contributed by atoms with Crippen molar-refractivity contribution >= 4 is 157 Å². The van der Waals surface area contributed by atoms with Crippen LogP contribution in [-0.4, -0.2) is 0 Å². The van der Waals surface area contributed by atoms with Crippen LogP contribution in [0, 0.1) is 53.3 Å². The zero-order chi connectivity index (χ0) is 49.7. The van der Waals surface area contributed by atoms with Crippen molar-refractivity contribution in [2.24, 2.45) is 0 Å². The van der Waals surface area contributed by atoms with Gasteiger partial charge in [0.25, 0.3) is 0 Å². The predicted molar refractivity (Wildman–Crippen MR) is 339 cm³/mol. The van der Waals surface area contributed by atoms with Gasteiger partial charge in [0.15, 0.2) is 0 Å². The summed E-state index contributed by atoms with van der Waals surface area (Å²) in [6, 6.07) is 82.7. The molecule has 0 saturated heterocycles. The van der Waals surface area contributed by atoms with E-state index < -0.39 is 29.0 Å². The molecule has 0 aliphatic carbocycles. The van der Waals surface area contributed by atoms with Gasteiger partial charge in [0.2, 0.25) is 0 Å². The Morgan fingerprint density at radius 2 is 0.278 bits per heavy atom. The molecule has 8 aromatic carbocycles. The maximum absolute atomic E-state index is 4.33. The molecule has 8 rings (SSSR count). The first kappa shape index (κ1) is 75.3. The van der Waals surface area contributed by atoms with Crippen LogP contribution in [0.25, 0.3) is 0 Å².